The summed E-state index contributed by atoms with van der Waals surface area (Å²) in [5.41, 5.74) is -6.36. The Hall–Kier alpha value is -8.08. The van der Waals surface area contributed by atoms with Crippen LogP contribution in [0.25, 0.3) is 45.6 Å². The number of rotatable bonds is 14. The maximum Gasteiger partial charge on any atom is 0.534 e. The molecular weight excluding hydrogens is 996 g/mol. The monoisotopic (exact) mass is 1030 g/mol. The summed E-state index contributed by atoms with van der Waals surface area (Å²) in [6, 6.07) is 26.7. The number of aromatic nitrogens is 6. The van der Waals surface area contributed by atoms with Crippen LogP contribution in [-0.4, -0.2) is 85.9 Å². The molecule has 0 atom stereocenters. The van der Waals surface area contributed by atoms with Crippen LogP contribution < -0.4 is 23.1 Å². The van der Waals surface area contributed by atoms with Crippen LogP contribution in [0.5, 0.6) is 29.3 Å². The third-order valence-corrected chi connectivity index (χ3v) is 10.2. The van der Waals surface area contributed by atoms with Gasteiger partial charge in [0.15, 0.2) is 36.9 Å². The molecule has 0 aliphatic rings. The van der Waals surface area contributed by atoms with Crippen LogP contribution >= 0.6 is 0 Å². The fraction of sp³-hybridized carbons (Fsp3) is 0.191. The molecule has 2 heterocycles. The average Bonchev–Trinajstić information content (AvgIpc) is 3.36. The second-order valence-corrected chi connectivity index (χ2v) is 15.6. The topological polar surface area (TPSA) is 176 Å². The number of ether oxygens (including phenoxy) is 6. The number of halogens is 9. The van der Waals surface area contributed by atoms with Crippen molar-refractivity contribution < 1.29 is 80.5 Å². The van der Waals surface area contributed by atoms with E-state index in [0.717, 1.165) is 60.7 Å². The molecule has 25 heteroatoms. The van der Waals surface area contributed by atoms with Crippen molar-refractivity contribution in [1.82, 2.24) is 29.9 Å². The van der Waals surface area contributed by atoms with Gasteiger partial charge < -0.3 is 32.6 Å². The van der Waals surface area contributed by atoms with Gasteiger partial charge in [-0.05, 0) is 84.9 Å². The van der Waals surface area contributed by atoms with Gasteiger partial charge in [-0.1, -0.05) is 42.2 Å². The number of nitrogens with zero attached hydrogens (tertiary/aromatic N) is 6. The highest BCUT2D eigenvalue weighted by Crippen LogP contribution is 2.43. The molecule has 0 saturated heterocycles. The van der Waals surface area contributed by atoms with Crippen molar-refractivity contribution in [1.29, 1.82) is 0 Å². The third-order valence-electron chi connectivity index (χ3n) is 9.24. The number of methoxy groups -OCH3 is 4. The molecule has 0 unspecified atom stereocenters. The van der Waals surface area contributed by atoms with Crippen molar-refractivity contribution in [3.63, 3.8) is 0 Å². The predicted octanol–water partition coefficient (Wildman–Crippen LogP) is 10.1. The minimum atomic E-state index is -5.90. The Morgan fingerprint density at radius 1 is 0.472 bits per heavy atom. The first-order valence-corrected chi connectivity index (χ1v) is 21.6. The van der Waals surface area contributed by atoms with E-state index in [-0.39, 0.29) is 65.7 Å². The molecule has 0 N–H and O–H groups in total. The Kier molecular flexibility index (Phi) is 16.9. The molecule has 376 valence electrons. The summed E-state index contributed by atoms with van der Waals surface area (Å²) in [7, 11) is -0.795. The van der Waals surface area contributed by atoms with Gasteiger partial charge in [-0.25, -0.2) is 9.97 Å². The highest BCUT2D eigenvalue weighted by Gasteiger charge is 2.48. The Balaban J connectivity index is 0.000000235. The summed E-state index contributed by atoms with van der Waals surface area (Å²) in [6.45, 7) is -0.638. The summed E-state index contributed by atoms with van der Waals surface area (Å²) < 4.78 is 177. The van der Waals surface area contributed by atoms with Crippen molar-refractivity contribution in [2.45, 2.75) is 17.9 Å². The zero-order chi connectivity index (χ0) is 52.3. The van der Waals surface area contributed by atoms with E-state index in [1.807, 2.05) is 30.3 Å². The van der Waals surface area contributed by atoms with Gasteiger partial charge in [0.25, 0.3) is 0 Å². The van der Waals surface area contributed by atoms with E-state index in [1.54, 1.807) is 24.3 Å². The van der Waals surface area contributed by atoms with E-state index < -0.39 is 56.2 Å². The van der Waals surface area contributed by atoms with Gasteiger partial charge >= 0.3 is 40.0 Å². The first kappa shape index (κ1) is 53.3. The van der Waals surface area contributed by atoms with Crippen LogP contribution in [0.2, 0.25) is 0 Å². The molecule has 2 aromatic heterocycles. The Morgan fingerprint density at radius 2 is 0.875 bits per heavy atom. The van der Waals surface area contributed by atoms with E-state index in [4.69, 9.17) is 28.4 Å². The Bertz CT molecular complexity index is 3160. The van der Waals surface area contributed by atoms with Crippen molar-refractivity contribution >= 4 is 10.1 Å². The number of alkyl halides is 9. The summed E-state index contributed by atoms with van der Waals surface area (Å²) in [5, 5.41) is 0. The van der Waals surface area contributed by atoms with Crippen LogP contribution in [0.3, 0.4) is 0 Å². The lowest BCUT2D eigenvalue weighted by atomic mass is 10.0. The lowest BCUT2D eigenvalue weighted by Gasteiger charge is -2.17. The molecule has 15 nitrogen and oxygen atoms in total. The maximum absolute atomic E-state index is 13.9. The largest absolute Gasteiger partial charge is 0.534 e. The van der Waals surface area contributed by atoms with Gasteiger partial charge in [-0.15, -0.1) is 0 Å². The molecule has 5 aromatic carbocycles. The zero-order valence-corrected chi connectivity index (χ0v) is 38.4. The quantitative estimate of drug-likeness (QED) is 0.0330. The molecule has 0 aliphatic carbocycles. The van der Waals surface area contributed by atoms with E-state index in [1.165, 1.54) is 39.5 Å². The fourth-order valence-electron chi connectivity index (χ4n) is 6.06. The molecule has 72 heavy (non-hydrogen) atoms. The number of hydrogen-bond donors (Lipinski definition) is 0. The summed E-state index contributed by atoms with van der Waals surface area (Å²) >= 11 is 0. The molecule has 0 amide bonds. The van der Waals surface area contributed by atoms with Crippen molar-refractivity contribution in [2.24, 2.45) is 0 Å². The van der Waals surface area contributed by atoms with Gasteiger partial charge in [0.2, 0.25) is 0 Å². The van der Waals surface area contributed by atoms with Crippen molar-refractivity contribution in [2.75, 3.05) is 42.0 Å². The summed E-state index contributed by atoms with van der Waals surface area (Å²) in [6.07, 6.45) is -9.51. The van der Waals surface area contributed by atoms with E-state index in [9.17, 15) is 47.9 Å². The second-order valence-electron chi connectivity index (χ2n) is 14.1. The molecule has 7 aromatic rings. The third kappa shape index (κ3) is 13.4. The highest BCUT2D eigenvalue weighted by molar-refractivity contribution is 7.88. The summed E-state index contributed by atoms with van der Waals surface area (Å²) in [4.78, 5) is 24.5. The number of benzene rings is 5. The average molecular weight is 1030 g/mol. The predicted molar refractivity (Wildman–Crippen MR) is 238 cm³/mol. The minimum Gasteiger partial charge on any atom is -0.467 e. The normalized spacial score (nSPS) is 11.6. The molecule has 0 radical (unpaired) electrons. The first-order chi connectivity index (χ1) is 34.1. The smallest absolute Gasteiger partial charge is 0.467 e. The van der Waals surface area contributed by atoms with Gasteiger partial charge in [-0.2, -0.15) is 67.9 Å². The van der Waals surface area contributed by atoms with Crippen LogP contribution in [0, 0.1) is 11.8 Å². The van der Waals surface area contributed by atoms with Crippen molar-refractivity contribution in [3.05, 3.63) is 138 Å². The van der Waals surface area contributed by atoms with Crippen LogP contribution in [0.15, 0.2) is 115 Å². The van der Waals surface area contributed by atoms with Crippen LogP contribution in [-0.2, 0) is 31.9 Å². The van der Waals surface area contributed by atoms with Gasteiger partial charge in [-0.3, -0.25) is 0 Å². The molecule has 0 fully saturated rings. The van der Waals surface area contributed by atoms with Gasteiger partial charge in [0.05, 0.1) is 36.5 Å². The second kappa shape index (κ2) is 22.8. The summed E-state index contributed by atoms with van der Waals surface area (Å²) in [5.74, 6) is 4.28. The molecular formula is C47H35F9N6O9S. The van der Waals surface area contributed by atoms with E-state index in [2.05, 4.69) is 45.9 Å². The zero-order valence-electron chi connectivity index (χ0n) is 37.6. The number of hydrogen-bond acceptors (Lipinski definition) is 15. The van der Waals surface area contributed by atoms with Crippen LogP contribution in [0.4, 0.5) is 39.5 Å². The highest BCUT2D eigenvalue weighted by atomic mass is 32.2. The van der Waals surface area contributed by atoms with Gasteiger partial charge in [0, 0.05) is 36.5 Å². The molecule has 7 rings (SSSR count). The maximum atomic E-state index is 13.9. The fourth-order valence-corrected chi connectivity index (χ4v) is 6.52. The molecule has 0 bridgehead atoms. The SMILES string of the molecule is COCOc1cccc(C(F)(F)F)c1-c1nc(OC)nc(-c2ccc(C#Cc3ccccc3)cc2)n1.COCOc1cccc(C(F)(F)F)c1-c1nc(OC)nc(-c2ccc(OS(=O)(=O)C(F)(F)F)cc2)n1. The van der Waals surface area contributed by atoms with Crippen LogP contribution in [0.1, 0.15) is 22.3 Å². The molecule has 0 spiro atoms. The Labute approximate surface area is 403 Å². The van der Waals surface area contributed by atoms with E-state index in [0.29, 0.717) is 5.56 Å². The lowest BCUT2D eigenvalue weighted by Crippen LogP contribution is -2.28. The minimum absolute atomic E-state index is 0.0672. The van der Waals surface area contributed by atoms with E-state index >= 15 is 0 Å². The lowest BCUT2D eigenvalue weighted by molar-refractivity contribution is -0.138. The molecule has 0 saturated carbocycles. The standard InChI is InChI=1S/C27H20F3N3O3.C20H15F6N3O6S/c1-34-17-36-22-10-6-9-21(27(28,29)30)23(22)25-31-24(32-26(33-25)35-2)20-15-13-19(14-16-20)12-11-18-7-4-3-5-8-18;1-32-10-34-14-5-3-4-13(19(21,22)23)15(14)17-27-16(28-18(29-17)33-2)11-6-8-12(9-7-11)35-36(30,31)20(24,25)26/h3-10,13-16H,17H2,1-2H3;3-9H,10H2,1-2H3. The van der Waals surface area contributed by atoms with Crippen molar-refractivity contribution in [3.8, 4) is 86.7 Å². The van der Waals surface area contributed by atoms with Gasteiger partial charge in [0.1, 0.15) is 17.2 Å². The Morgan fingerprint density at radius 3 is 1.26 bits per heavy atom. The first-order valence-electron chi connectivity index (χ1n) is 20.2. The molecule has 0 aliphatic heterocycles.